The highest BCUT2D eigenvalue weighted by atomic mass is 16.6. The number of ether oxygens (including phenoxy) is 2. The van der Waals surface area contributed by atoms with Crippen LogP contribution in [0.25, 0.3) is 0 Å². The molecule has 0 radical (unpaired) electrons. The monoisotopic (exact) mass is 476 g/mol. The van der Waals surface area contributed by atoms with Gasteiger partial charge < -0.3 is 20.1 Å². The Morgan fingerprint density at radius 1 is 1.03 bits per heavy atom. The third-order valence-corrected chi connectivity index (χ3v) is 6.25. The van der Waals surface area contributed by atoms with E-state index in [-0.39, 0.29) is 48.4 Å². The molecule has 1 aromatic rings. The van der Waals surface area contributed by atoms with Gasteiger partial charge in [-0.2, -0.15) is 0 Å². The number of anilines is 1. The van der Waals surface area contributed by atoms with Gasteiger partial charge in [0, 0.05) is 37.7 Å². The maximum Gasteiger partial charge on any atom is 0.309 e. The number of nitrogen functional groups attached to an aromatic ring is 1. The number of hydrogen-bond acceptors (Lipinski definition) is 6. The first-order valence-corrected chi connectivity index (χ1v) is 12.1. The van der Waals surface area contributed by atoms with E-state index in [0.29, 0.717) is 11.3 Å². The van der Waals surface area contributed by atoms with E-state index in [9.17, 15) is 14.4 Å². The fraction of sp³-hybridized carbons (Fsp3) is 0.667. The molecule has 1 aromatic carbocycles. The smallest absolute Gasteiger partial charge is 0.309 e. The van der Waals surface area contributed by atoms with Gasteiger partial charge in [-0.15, -0.1) is 0 Å². The van der Waals surface area contributed by atoms with Crippen molar-refractivity contribution in [3.63, 3.8) is 0 Å². The van der Waals surface area contributed by atoms with Gasteiger partial charge in [-0.3, -0.25) is 14.4 Å². The van der Waals surface area contributed by atoms with E-state index < -0.39 is 17.6 Å². The number of esters is 1. The Morgan fingerprint density at radius 3 is 2.03 bits per heavy atom. The van der Waals surface area contributed by atoms with Crippen LogP contribution in [0.5, 0.6) is 0 Å². The summed E-state index contributed by atoms with van der Waals surface area (Å²) in [7, 11) is 3.29. The molecule has 0 unspecified atom stereocenters. The number of carbonyl (C=O) groups excluding carboxylic acids is 3. The predicted molar refractivity (Wildman–Crippen MR) is 135 cm³/mol. The highest BCUT2D eigenvalue weighted by Crippen LogP contribution is 2.27. The van der Waals surface area contributed by atoms with E-state index in [1.165, 1.54) is 0 Å². The summed E-state index contributed by atoms with van der Waals surface area (Å²) in [6.45, 7) is 13.4. The van der Waals surface area contributed by atoms with E-state index in [1.807, 2.05) is 48.5 Å². The normalized spacial score (nSPS) is 15.4. The van der Waals surface area contributed by atoms with Crippen molar-refractivity contribution in [1.82, 2.24) is 4.90 Å². The second-order valence-electron chi connectivity index (χ2n) is 10.5. The van der Waals surface area contributed by atoms with Crippen LogP contribution >= 0.6 is 0 Å². The summed E-state index contributed by atoms with van der Waals surface area (Å²) < 4.78 is 11.2. The summed E-state index contributed by atoms with van der Waals surface area (Å²) in [5, 5.41) is 0. The summed E-state index contributed by atoms with van der Waals surface area (Å²) >= 11 is 0. The molecule has 0 fully saturated rings. The minimum absolute atomic E-state index is 0.0388. The molecule has 0 aliphatic carbocycles. The summed E-state index contributed by atoms with van der Waals surface area (Å²) in [5.41, 5.74) is 6.25. The van der Waals surface area contributed by atoms with Crippen molar-refractivity contribution in [2.75, 3.05) is 19.9 Å². The van der Waals surface area contributed by atoms with Crippen LogP contribution in [0.2, 0.25) is 0 Å². The first-order chi connectivity index (χ1) is 15.7. The number of amides is 1. The molecule has 1 rings (SSSR count). The molecule has 0 aliphatic heterocycles. The van der Waals surface area contributed by atoms with Crippen LogP contribution in [-0.4, -0.2) is 54.5 Å². The lowest BCUT2D eigenvalue weighted by Gasteiger charge is -2.39. The molecule has 7 heteroatoms. The van der Waals surface area contributed by atoms with E-state index in [2.05, 4.69) is 0 Å². The quantitative estimate of drug-likeness (QED) is 0.266. The lowest BCUT2D eigenvalue weighted by molar-refractivity contribution is -0.161. The molecule has 1 amide bonds. The third kappa shape index (κ3) is 8.75. The number of carbonyl (C=O) groups is 3. The Labute approximate surface area is 205 Å². The minimum atomic E-state index is -0.603. The Balaban J connectivity index is 3.14. The minimum Gasteiger partial charge on any atom is -0.460 e. The van der Waals surface area contributed by atoms with Gasteiger partial charge in [0.25, 0.3) is 0 Å². The molecule has 34 heavy (non-hydrogen) atoms. The number of Topliss-reactive ketones (excluding diaryl/α,β-unsaturated/α-hetero) is 1. The number of nitrogens with two attached hydrogens (primary N) is 1. The van der Waals surface area contributed by atoms with Crippen molar-refractivity contribution >= 4 is 23.3 Å². The summed E-state index contributed by atoms with van der Waals surface area (Å²) in [5.74, 6) is -1.07. The Hall–Kier alpha value is -2.41. The molecule has 4 atom stereocenters. The maximum atomic E-state index is 13.7. The van der Waals surface area contributed by atoms with E-state index >= 15 is 0 Å². The topological polar surface area (TPSA) is 98.9 Å². The summed E-state index contributed by atoms with van der Waals surface area (Å²) in [4.78, 5) is 40.8. The molecular weight excluding hydrogens is 432 g/mol. The molecule has 7 nitrogen and oxygen atoms in total. The number of methoxy groups -OCH3 is 1. The van der Waals surface area contributed by atoms with Gasteiger partial charge in [0.05, 0.1) is 18.6 Å². The Bertz CT molecular complexity index is 813. The fourth-order valence-corrected chi connectivity index (χ4v) is 4.13. The van der Waals surface area contributed by atoms with Crippen LogP contribution in [0, 0.1) is 17.8 Å². The standard InChI is InChI=1S/C27H44N2O5/c1-10-18(4)25(23(33-9)16-24(31)34-27(5,6)7)29(8)26(32)21(17(2)3)15-22(30)19-11-13-20(28)14-12-19/h11-14,17-18,21,23,25H,10,15-16,28H2,1-9H3/t18-,21-,23+,25-/m0/s1. The zero-order valence-corrected chi connectivity index (χ0v) is 22.4. The Morgan fingerprint density at radius 2 is 1.59 bits per heavy atom. The van der Waals surface area contributed by atoms with Crippen LogP contribution in [0.4, 0.5) is 5.69 Å². The SMILES string of the molecule is CC[C@H](C)[C@@H]([C@@H](CC(=O)OC(C)(C)C)OC)N(C)C(=O)[C@@H](CC(=O)c1ccc(N)cc1)C(C)C. The van der Waals surface area contributed by atoms with Crippen LogP contribution in [0.1, 0.15) is 78.1 Å². The highest BCUT2D eigenvalue weighted by molar-refractivity contribution is 5.99. The van der Waals surface area contributed by atoms with E-state index in [0.717, 1.165) is 6.42 Å². The van der Waals surface area contributed by atoms with Gasteiger partial charge in [-0.1, -0.05) is 34.1 Å². The number of hydrogen-bond donors (Lipinski definition) is 1. The van der Waals surface area contributed by atoms with Crippen molar-refractivity contribution in [1.29, 1.82) is 0 Å². The molecular formula is C27H44N2O5. The van der Waals surface area contributed by atoms with Crippen LogP contribution in [0.15, 0.2) is 24.3 Å². The second kappa shape index (κ2) is 12.9. The lowest BCUT2D eigenvalue weighted by atomic mass is 9.85. The molecule has 2 N–H and O–H groups in total. The number of likely N-dealkylation sites (N-methyl/N-ethyl adjacent to an activating group) is 1. The molecule has 192 valence electrons. The van der Waals surface area contributed by atoms with E-state index in [1.54, 1.807) is 43.3 Å². The average molecular weight is 477 g/mol. The van der Waals surface area contributed by atoms with Crippen molar-refractivity contribution in [2.45, 2.75) is 85.5 Å². The number of ketones is 1. The molecule has 0 heterocycles. The van der Waals surface area contributed by atoms with Gasteiger partial charge in [-0.25, -0.2) is 0 Å². The first-order valence-electron chi connectivity index (χ1n) is 12.1. The molecule has 0 saturated carbocycles. The van der Waals surface area contributed by atoms with Gasteiger partial charge in [-0.05, 0) is 56.9 Å². The van der Waals surface area contributed by atoms with Crippen LogP contribution in [0.3, 0.4) is 0 Å². The molecule has 0 saturated heterocycles. The van der Waals surface area contributed by atoms with Gasteiger partial charge in [0.1, 0.15) is 5.60 Å². The number of nitrogens with zero attached hydrogens (tertiary/aromatic N) is 1. The largest absolute Gasteiger partial charge is 0.460 e. The van der Waals surface area contributed by atoms with Crippen LogP contribution in [-0.2, 0) is 19.1 Å². The predicted octanol–water partition coefficient (Wildman–Crippen LogP) is 4.73. The van der Waals surface area contributed by atoms with Crippen LogP contribution < -0.4 is 5.73 Å². The van der Waals surface area contributed by atoms with Crippen molar-refractivity contribution in [3.05, 3.63) is 29.8 Å². The van der Waals surface area contributed by atoms with Gasteiger partial charge in [0.15, 0.2) is 5.78 Å². The average Bonchev–Trinajstić information content (AvgIpc) is 2.74. The lowest BCUT2D eigenvalue weighted by Crippen LogP contribution is -2.52. The van der Waals surface area contributed by atoms with Crippen molar-refractivity contribution in [3.8, 4) is 0 Å². The van der Waals surface area contributed by atoms with Crippen molar-refractivity contribution < 1.29 is 23.9 Å². The second-order valence-corrected chi connectivity index (χ2v) is 10.5. The number of rotatable bonds is 12. The Kier molecular flexibility index (Phi) is 11.2. The molecule has 0 aromatic heterocycles. The maximum absolute atomic E-state index is 13.7. The summed E-state index contributed by atoms with van der Waals surface area (Å²) in [6.07, 6.45) is 0.408. The fourth-order valence-electron chi connectivity index (χ4n) is 4.13. The zero-order valence-electron chi connectivity index (χ0n) is 22.4. The molecule has 0 aliphatic rings. The first kappa shape index (κ1) is 29.6. The summed E-state index contributed by atoms with van der Waals surface area (Å²) in [6, 6.07) is 6.40. The number of benzene rings is 1. The molecule has 0 bridgehead atoms. The molecule has 0 spiro atoms. The van der Waals surface area contributed by atoms with Gasteiger partial charge >= 0.3 is 5.97 Å². The van der Waals surface area contributed by atoms with E-state index in [4.69, 9.17) is 15.2 Å². The van der Waals surface area contributed by atoms with Gasteiger partial charge in [0.2, 0.25) is 5.91 Å². The van der Waals surface area contributed by atoms with Crippen molar-refractivity contribution in [2.24, 2.45) is 17.8 Å². The zero-order chi connectivity index (χ0) is 26.2. The third-order valence-electron chi connectivity index (χ3n) is 6.25. The highest BCUT2D eigenvalue weighted by Gasteiger charge is 2.38.